The Morgan fingerprint density at radius 1 is 0.520 bits per heavy atom. The van der Waals surface area contributed by atoms with Crippen LogP contribution in [0.5, 0.6) is 0 Å². The fourth-order valence-corrected chi connectivity index (χ4v) is 2.45. The normalized spacial score (nSPS) is 9.68. The topological polar surface area (TPSA) is 80.3 Å². The molecule has 0 aliphatic heterocycles. The summed E-state index contributed by atoms with van der Waals surface area (Å²) in [5.41, 5.74) is 0. The summed E-state index contributed by atoms with van der Waals surface area (Å²) in [5, 5.41) is 20.0. The smallest absolute Gasteiger partial charge is 0.550 e. The zero-order chi connectivity index (χ0) is 18.5. The van der Waals surface area contributed by atoms with E-state index in [1.165, 1.54) is 64.2 Å². The molecule has 0 N–H and O–H groups in total. The second kappa shape index (κ2) is 25.9. The Morgan fingerprint density at radius 3 is 1.00 bits per heavy atom. The number of rotatable bonds is 16. The van der Waals surface area contributed by atoms with E-state index in [9.17, 15) is 19.8 Å². The van der Waals surface area contributed by atoms with Crippen molar-refractivity contribution in [2.75, 3.05) is 0 Å². The van der Waals surface area contributed by atoms with Crippen molar-refractivity contribution in [3.63, 3.8) is 0 Å². The van der Waals surface area contributed by atoms with Crippen LogP contribution < -0.4 is 10.2 Å². The quantitative estimate of drug-likeness (QED) is 0.310. The van der Waals surface area contributed by atoms with Gasteiger partial charge < -0.3 is 19.8 Å². The zero-order valence-electron chi connectivity index (χ0n) is 16.7. The molecule has 0 saturated carbocycles. The van der Waals surface area contributed by atoms with Crippen LogP contribution in [0.2, 0.25) is 0 Å². The molecule has 25 heavy (non-hydrogen) atoms. The number of aliphatic carboxylic acids is 2. The van der Waals surface area contributed by atoms with E-state index < -0.39 is 11.9 Å². The Bertz CT molecular complexity index is 255. The van der Waals surface area contributed by atoms with Gasteiger partial charge in [0.1, 0.15) is 0 Å². The molecule has 0 aliphatic rings. The van der Waals surface area contributed by atoms with E-state index in [0.717, 1.165) is 25.7 Å². The largest absolute Gasteiger partial charge is 2.00 e. The van der Waals surface area contributed by atoms with Gasteiger partial charge in [-0.15, -0.1) is 0 Å². The average molecular weight is 367 g/mol. The molecular formula is C20H38MgO4. The summed E-state index contributed by atoms with van der Waals surface area (Å²) in [6.07, 6.45) is 16.7. The van der Waals surface area contributed by atoms with E-state index in [2.05, 4.69) is 13.8 Å². The number of carbonyl (C=O) groups excluding carboxylic acids is 2. The molecule has 0 rings (SSSR count). The van der Waals surface area contributed by atoms with Crippen LogP contribution in [-0.2, 0) is 9.59 Å². The van der Waals surface area contributed by atoms with Gasteiger partial charge in [0, 0.05) is 11.9 Å². The van der Waals surface area contributed by atoms with Gasteiger partial charge in [-0.2, -0.15) is 0 Å². The van der Waals surface area contributed by atoms with Crippen LogP contribution in [0.1, 0.15) is 117 Å². The Balaban J connectivity index is -0.000000372. The van der Waals surface area contributed by atoms with Gasteiger partial charge in [0.05, 0.1) is 0 Å². The molecule has 0 aromatic carbocycles. The minimum Gasteiger partial charge on any atom is -0.550 e. The van der Waals surface area contributed by atoms with Crippen molar-refractivity contribution in [2.24, 2.45) is 0 Å². The fraction of sp³-hybridized carbons (Fsp3) is 0.900. The Labute approximate surface area is 171 Å². The number of hydrogen-bond donors (Lipinski definition) is 0. The Kier molecular flexibility index (Phi) is 30.6. The molecule has 0 fully saturated rings. The van der Waals surface area contributed by atoms with Gasteiger partial charge in [-0.25, -0.2) is 0 Å². The van der Waals surface area contributed by atoms with E-state index in [-0.39, 0.29) is 35.9 Å². The van der Waals surface area contributed by atoms with Crippen LogP contribution in [0.15, 0.2) is 0 Å². The molecule has 0 radical (unpaired) electrons. The molecule has 0 aromatic heterocycles. The van der Waals surface area contributed by atoms with Gasteiger partial charge >= 0.3 is 23.1 Å². The fourth-order valence-electron chi connectivity index (χ4n) is 2.45. The molecule has 144 valence electrons. The molecule has 0 spiro atoms. The maximum atomic E-state index is 10.0. The molecule has 0 bridgehead atoms. The molecule has 0 unspecified atom stereocenters. The number of hydrogen-bond acceptors (Lipinski definition) is 4. The number of carboxylic acids is 2. The SMILES string of the molecule is CCCCCCCCCC(=O)[O-].CCCCCCCCCC(=O)[O-].[Mg+2]. The minimum atomic E-state index is -0.913. The predicted molar refractivity (Wildman–Crippen MR) is 101 cm³/mol. The molecule has 0 atom stereocenters. The van der Waals surface area contributed by atoms with E-state index in [4.69, 9.17) is 0 Å². The van der Waals surface area contributed by atoms with Crippen LogP contribution in [-0.4, -0.2) is 35.0 Å². The van der Waals surface area contributed by atoms with E-state index in [1.54, 1.807) is 0 Å². The van der Waals surface area contributed by atoms with Crippen LogP contribution in [0.4, 0.5) is 0 Å². The van der Waals surface area contributed by atoms with Gasteiger partial charge in [-0.05, 0) is 25.7 Å². The van der Waals surface area contributed by atoms with Crippen molar-refractivity contribution < 1.29 is 19.8 Å². The monoisotopic (exact) mass is 366 g/mol. The molecule has 0 saturated heterocycles. The summed E-state index contributed by atoms with van der Waals surface area (Å²) in [6, 6.07) is 0. The first-order chi connectivity index (χ1) is 11.5. The number of carboxylic acid groups (broad SMARTS) is 2. The van der Waals surface area contributed by atoms with Crippen molar-refractivity contribution in [1.82, 2.24) is 0 Å². The summed E-state index contributed by atoms with van der Waals surface area (Å²) in [4.78, 5) is 20.0. The summed E-state index contributed by atoms with van der Waals surface area (Å²) in [7, 11) is 0. The van der Waals surface area contributed by atoms with Crippen LogP contribution >= 0.6 is 0 Å². The molecule has 0 heterocycles. The predicted octanol–water partition coefficient (Wildman–Crippen LogP) is 3.37. The molecule has 0 amide bonds. The van der Waals surface area contributed by atoms with Gasteiger partial charge in [0.15, 0.2) is 0 Å². The van der Waals surface area contributed by atoms with Crippen molar-refractivity contribution in [2.45, 2.75) is 117 Å². The van der Waals surface area contributed by atoms with Crippen LogP contribution in [0, 0.1) is 0 Å². The summed E-state index contributed by atoms with van der Waals surface area (Å²) in [6.45, 7) is 4.38. The minimum absolute atomic E-state index is 0. The standard InChI is InChI=1S/2C10H20O2.Mg/c2*1-2-3-4-5-6-7-8-9-10(11)12;/h2*2-9H2,1H3,(H,11,12);/q;;+2/p-2. The van der Waals surface area contributed by atoms with Crippen molar-refractivity contribution in [1.29, 1.82) is 0 Å². The van der Waals surface area contributed by atoms with Gasteiger partial charge in [-0.3, -0.25) is 0 Å². The van der Waals surface area contributed by atoms with Crippen molar-refractivity contribution >= 4 is 35.0 Å². The van der Waals surface area contributed by atoms with Crippen LogP contribution in [0.25, 0.3) is 0 Å². The number of unbranched alkanes of at least 4 members (excludes halogenated alkanes) is 12. The van der Waals surface area contributed by atoms with Gasteiger partial charge in [-0.1, -0.05) is 90.9 Å². The van der Waals surface area contributed by atoms with Gasteiger partial charge in [0.25, 0.3) is 0 Å². The zero-order valence-corrected chi connectivity index (χ0v) is 18.1. The third kappa shape index (κ3) is 35.6. The van der Waals surface area contributed by atoms with Crippen molar-refractivity contribution in [3.8, 4) is 0 Å². The molecule has 5 heteroatoms. The molecule has 0 aliphatic carbocycles. The maximum absolute atomic E-state index is 10.0. The van der Waals surface area contributed by atoms with Gasteiger partial charge in [0.2, 0.25) is 0 Å². The summed E-state index contributed by atoms with van der Waals surface area (Å²) in [5.74, 6) is -1.83. The first kappa shape index (κ1) is 29.5. The Morgan fingerprint density at radius 2 is 0.760 bits per heavy atom. The third-order valence-corrected chi connectivity index (χ3v) is 3.97. The molecule has 4 nitrogen and oxygen atoms in total. The summed E-state index contributed by atoms with van der Waals surface area (Å²) < 4.78 is 0. The first-order valence-corrected chi connectivity index (χ1v) is 9.94. The molecular weight excluding hydrogens is 329 g/mol. The second-order valence-corrected chi connectivity index (χ2v) is 6.49. The van der Waals surface area contributed by atoms with Crippen LogP contribution in [0.3, 0.4) is 0 Å². The van der Waals surface area contributed by atoms with Crippen molar-refractivity contribution in [3.05, 3.63) is 0 Å². The van der Waals surface area contributed by atoms with E-state index in [0.29, 0.717) is 0 Å². The Hall–Kier alpha value is -0.294. The molecule has 0 aromatic rings. The number of carbonyl (C=O) groups is 2. The third-order valence-electron chi connectivity index (χ3n) is 3.97. The summed E-state index contributed by atoms with van der Waals surface area (Å²) >= 11 is 0. The maximum Gasteiger partial charge on any atom is 2.00 e. The van der Waals surface area contributed by atoms with E-state index in [1.807, 2.05) is 0 Å². The second-order valence-electron chi connectivity index (χ2n) is 6.49. The average Bonchev–Trinajstić information content (AvgIpc) is 2.53. The van der Waals surface area contributed by atoms with E-state index >= 15 is 0 Å². The first-order valence-electron chi connectivity index (χ1n) is 9.94.